The van der Waals surface area contributed by atoms with Crippen molar-refractivity contribution in [2.45, 2.75) is 12.5 Å². The lowest BCUT2D eigenvalue weighted by atomic mass is 10.1. The molecule has 7 heteroatoms. The predicted octanol–water partition coefficient (Wildman–Crippen LogP) is 0.854. The van der Waals surface area contributed by atoms with Crippen molar-refractivity contribution in [3.05, 3.63) is 35.7 Å². The molecule has 7 nitrogen and oxygen atoms in total. The zero-order valence-corrected chi connectivity index (χ0v) is 11.6. The van der Waals surface area contributed by atoms with Gasteiger partial charge in [-0.05, 0) is 29.3 Å². The van der Waals surface area contributed by atoms with Crippen LogP contribution in [0.15, 0.2) is 28.8 Å². The average molecular weight is 290 g/mol. The van der Waals surface area contributed by atoms with Gasteiger partial charge >= 0.3 is 0 Å². The standard InChI is InChI=1S/C14H18N4O3/c15-12(9-10-1-3-11(19)4-2-10)13-16-14(17-21-13)18-5-7-20-8-6-18/h1-4,12,19H,5-9,15H2/t12-/m1/s1. The number of benzene rings is 1. The number of phenolic OH excluding ortho intramolecular Hbond substituents is 1. The maximum absolute atomic E-state index is 9.27. The third kappa shape index (κ3) is 3.32. The fourth-order valence-electron chi connectivity index (χ4n) is 2.24. The Kier molecular flexibility index (Phi) is 4.03. The van der Waals surface area contributed by atoms with Crippen molar-refractivity contribution < 1.29 is 14.4 Å². The van der Waals surface area contributed by atoms with Crippen LogP contribution in [0, 0.1) is 0 Å². The van der Waals surface area contributed by atoms with Crippen LogP contribution in [-0.4, -0.2) is 41.6 Å². The predicted molar refractivity (Wildman–Crippen MR) is 76.1 cm³/mol. The van der Waals surface area contributed by atoms with Gasteiger partial charge in [0.25, 0.3) is 5.95 Å². The summed E-state index contributed by atoms with van der Waals surface area (Å²) in [6, 6.07) is 6.56. The lowest BCUT2D eigenvalue weighted by Crippen LogP contribution is -2.36. The molecule has 0 radical (unpaired) electrons. The fraction of sp³-hybridized carbons (Fsp3) is 0.429. The topological polar surface area (TPSA) is 97.6 Å². The molecule has 0 amide bonds. The van der Waals surface area contributed by atoms with Crippen LogP contribution in [0.2, 0.25) is 0 Å². The number of hydrogen-bond donors (Lipinski definition) is 2. The Bertz CT molecular complexity index is 578. The normalized spacial score (nSPS) is 16.9. The number of morpholine rings is 1. The molecule has 1 saturated heterocycles. The lowest BCUT2D eigenvalue weighted by Gasteiger charge is -2.24. The summed E-state index contributed by atoms with van der Waals surface area (Å²) in [5, 5.41) is 13.2. The summed E-state index contributed by atoms with van der Waals surface area (Å²) < 4.78 is 10.5. The van der Waals surface area contributed by atoms with E-state index in [-0.39, 0.29) is 11.8 Å². The molecule has 21 heavy (non-hydrogen) atoms. The molecule has 1 aromatic carbocycles. The molecule has 112 valence electrons. The quantitative estimate of drug-likeness (QED) is 0.861. The molecule has 0 unspecified atom stereocenters. The lowest BCUT2D eigenvalue weighted by molar-refractivity contribution is 0.121. The summed E-state index contributed by atoms with van der Waals surface area (Å²) in [4.78, 5) is 6.38. The van der Waals surface area contributed by atoms with Gasteiger partial charge in [-0.25, -0.2) is 0 Å². The summed E-state index contributed by atoms with van der Waals surface area (Å²) in [5.74, 6) is 1.22. The van der Waals surface area contributed by atoms with Crippen molar-refractivity contribution in [1.29, 1.82) is 0 Å². The number of aromatic nitrogens is 2. The molecular weight excluding hydrogens is 272 g/mol. The minimum atomic E-state index is -0.364. The van der Waals surface area contributed by atoms with Crippen LogP contribution in [-0.2, 0) is 11.2 Å². The first-order valence-electron chi connectivity index (χ1n) is 6.92. The van der Waals surface area contributed by atoms with Gasteiger partial charge in [0.1, 0.15) is 5.75 Å². The smallest absolute Gasteiger partial charge is 0.266 e. The van der Waals surface area contributed by atoms with Crippen molar-refractivity contribution >= 4 is 5.95 Å². The van der Waals surface area contributed by atoms with E-state index in [1.54, 1.807) is 12.1 Å². The van der Waals surface area contributed by atoms with Crippen molar-refractivity contribution in [3.63, 3.8) is 0 Å². The molecule has 1 aliphatic rings. The van der Waals surface area contributed by atoms with Crippen molar-refractivity contribution in [3.8, 4) is 5.75 Å². The molecule has 3 N–H and O–H groups in total. The van der Waals surface area contributed by atoms with Gasteiger partial charge in [0.2, 0.25) is 5.89 Å². The number of nitrogens with two attached hydrogens (primary N) is 1. The van der Waals surface area contributed by atoms with E-state index in [2.05, 4.69) is 10.1 Å². The molecular formula is C14H18N4O3. The number of phenols is 1. The van der Waals surface area contributed by atoms with E-state index in [4.69, 9.17) is 15.0 Å². The second kappa shape index (κ2) is 6.11. The molecule has 1 fully saturated rings. The summed E-state index contributed by atoms with van der Waals surface area (Å²) in [6.07, 6.45) is 0.574. The highest BCUT2D eigenvalue weighted by Crippen LogP contribution is 2.19. The SMILES string of the molecule is N[C@H](Cc1ccc(O)cc1)c1nc(N2CCOCC2)no1. The fourth-order valence-corrected chi connectivity index (χ4v) is 2.24. The number of rotatable bonds is 4. The summed E-state index contributed by atoms with van der Waals surface area (Å²) in [6.45, 7) is 2.85. The van der Waals surface area contributed by atoms with Gasteiger partial charge in [0.05, 0.1) is 19.3 Å². The first kappa shape index (κ1) is 13.8. The average Bonchev–Trinajstić information content (AvgIpc) is 3.00. The van der Waals surface area contributed by atoms with Gasteiger partial charge in [0, 0.05) is 13.1 Å². The van der Waals surface area contributed by atoms with Crippen LogP contribution < -0.4 is 10.6 Å². The maximum atomic E-state index is 9.27. The molecule has 1 aromatic heterocycles. The van der Waals surface area contributed by atoms with E-state index in [1.807, 2.05) is 17.0 Å². The third-order valence-corrected chi connectivity index (χ3v) is 3.43. The molecule has 3 rings (SSSR count). The molecule has 1 aliphatic heterocycles. The highest BCUT2D eigenvalue weighted by Gasteiger charge is 2.20. The van der Waals surface area contributed by atoms with Crippen molar-refractivity contribution in [2.24, 2.45) is 5.73 Å². The van der Waals surface area contributed by atoms with Crippen LogP contribution in [0.3, 0.4) is 0 Å². The highest BCUT2D eigenvalue weighted by atomic mass is 16.5. The summed E-state index contributed by atoms with van der Waals surface area (Å²) in [5.41, 5.74) is 7.11. The Balaban J connectivity index is 1.65. The summed E-state index contributed by atoms with van der Waals surface area (Å²) in [7, 11) is 0. The van der Waals surface area contributed by atoms with Crippen LogP contribution in [0.1, 0.15) is 17.5 Å². The van der Waals surface area contributed by atoms with E-state index in [0.29, 0.717) is 31.5 Å². The monoisotopic (exact) mass is 290 g/mol. The van der Waals surface area contributed by atoms with Gasteiger partial charge in [-0.3, -0.25) is 0 Å². The first-order valence-corrected chi connectivity index (χ1v) is 6.92. The van der Waals surface area contributed by atoms with Gasteiger partial charge in [-0.2, -0.15) is 4.98 Å². The Labute approximate surface area is 122 Å². The largest absolute Gasteiger partial charge is 0.508 e. The van der Waals surface area contributed by atoms with E-state index in [1.165, 1.54) is 0 Å². The summed E-state index contributed by atoms with van der Waals surface area (Å²) >= 11 is 0. The molecule has 0 bridgehead atoms. The molecule has 2 aromatic rings. The first-order chi connectivity index (χ1) is 10.2. The van der Waals surface area contributed by atoms with E-state index < -0.39 is 0 Å². The zero-order chi connectivity index (χ0) is 14.7. The van der Waals surface area contributed by atoms with Gasteiger partial charge in [0.15, 0.2) is 0 Å². The van der Waals surface area contributed by atoms with Crippen molar-refractivity contribution in [1.82, 2.24) is 10.1 Å². The van der Waals surface area contributed by atoms with Crippen LogP contribution >= 0.6 is 0 Å². The van der Waals surface area contributed by atoms with Gasteiger partial charge < -0.3 is 25.0 Å². The van der Waals surface area contributed by atoms with Crippen LogP contribution in [0.5, 0.6) is 5.75 Å². The number of ether oxygens (including phenoxy) is 1. The Morgan fingerprint density at radius 1 is 1.24 bits per heavy atom. The number of aromatic hydroxyl groups is 1. The highest BCUT2D eigenvalue weighted by molar-refractivity contribution is 5.29. The van der Waals surface area contributed by atoms with Gasteiger partial charge in [-0.15, -0.1) is 0 Å². The Hall–Kier alpha value is -2.12. The molecule has 0 saturated carbocycles. The third-order valence-electron chi connectivity index (χ3n) is 3.43. The Morgan fingerprint density at radius 3 is 2.67 bits per heavy atom. The zero-order valence-electron chi connectivity index (χ0n) is 11.6. The van der Waals surface area contributed by atoms with E-state index in [9.17, 15) is 5.11 Å². The molecule has 2 heterocycles. The second-order valence-corrected chi connectivity index (χ2v) is 5.01. The van der Waals surface area contributed by atoms with Crippen LogP contribution in [0.25, 0.3) is 0 Å². The molecule has 0 aliphatic carbocycles. The van der Waals surface area contributed by atoms with Crippen molar-refractivity contribution in [2.75, 3.05) is 31.2 Å². The maximum Gasteiger partial charge on any atom is 0.266 e. The molecule has 0 spiro atoms. The van der Waals surface area contributed by atoms with Gasteiger partial charge in [-0.1, -0.05) is 12.1 Å². The number of anilines is 1. The Morgan fingerprint density at radius 2 is 1.95 bits per heavy atom. The van der Waals surface area contributed by atoms with Crippen LogP contribution in [0.4, 0.5) is 5.95 Å². The minimum Gasteiger partial charge on any atom is -0.508 e. The van der Waals surface area contributed by atoms with E-state index >= 15 is 0 Å². The number of hydrogen-bond acceptors (Lipinski definition) is 7. The molecule has 1 atom stereocenters. The second-order valence-electron chi connectivity index (χ2n) is 5.01. The van der Waals surface area contributed by atoms with E-state index in [0.717, 1.165) is 18.7 Å². The number of nitrogens with zero attached hydrogens (tertiary/aromatic N) is 3. The minimum absolute atomic E-state index is 0.236.